The summed E-state index contributed by atoms with van der Waals surface area (Å²) in [4.78, 5) is 5.73. The van der Waals surface area contributed by atoms with Gasteiger partial charge in [-0.15, -0.1) is 0 Å². The fourth-order valence-electron chi connectivity index (χ4n) is 9.34. The van der Waals surface area contributed by atoms with Crippen LogP contribution in [0.25, 0.3) is 43.8 Å². The summed E-state index contributed by atoms with van der Waals surface area (Å²) in [7, 11) is -2.40. The second-order valence-electron chi connectivity index (χ2n) is 15.7. The fourth-order valence-corrected chi connectivity index (χ4v) is 13.5. The Morgan fingerprint density at radius 3 is 1.37 bits per heavy atom. The van der Waals surface area contributed by atoms with Crippen molar-refractivity contribution in [1.29, 1.82) is 0 Å². The molecule has 6 aromatic rings. The first-order valence-corrected chi connectivity index (χ1v) is 23.8. The maximum atomic E-state index is 2.48. The highest BCUT2D eigenvalue weighted by molar-refractivity contribution is 8.36. The van der Waals surface area contributed by atoms with Crippen LogP contribution in [0.3, 0.4) is 0 Å². The summed E-state index contributed by atoms with van der Waals surface area (Å²) < 4.78 is 0. The molecule has 0 saturated carbocycles. The van der Waals surface area contributed by atoms with Gasteiger partial charge in [0.1, 0.15) is 0 Å². The Morgan fingerprint density at radius 2 is 0.815 bits per heavy atom. The van der Waals surface area contributed by atoms with Gasteiger partial charge in [-0.3, -0.25) is 0 Å². The quantitative estimate of drug-likeness (QED) is 0.150. The highest BCUT2D eigenvalue weighted by Gasteiger charge is 2.40. The Hall–Kier alpha value is -5.28. The molecule has 2 atom stereocenters. The van der Waals surface area contributed by atoms with Crippen molar-refractivity contribution < 1.29 is 0 Å². The molecular weight excluding hydrogens is 689 g/mol. The SMILES string of the molecule is CS(C)(C1=C2C=CC3=CC=CC4=CC=C(C=C1)C2C34)c1ccc(-c2c3ccccc3c(-c3ccc(S(C)(C)c4ccccc4)cc3)c3ccccc23)cc1. The zero-order valence-electron chi connectivity index (χ0n) is 31.3. The highest BCUT2D eigenvalue weighted by Crippen LogP contribution is 2.63. The van der Waals surface area contributed by atoms with Gasteiger partial charge in [-0.2, -0.15) is 20.1 Å². The molecule has 2 unspecified atom stereocenters. The van der Waals surface area contributed by atoms with Gasteiger partial charge in [0, 0.05) is 11.8 Å². The van der Waals surface area contributed by atoms with Crippen LogP contribution < -0.4 is 0 Å². The topological polar surface area (TPSA) is 0 Å². The summed E-state index contributed by atoms with van der Waals surface area (Å²) in [5.74, 6) is 0.832. The number of hydrogen-bond acceptors (Lipinski definition) is 0. The average Bonchev–Trinajstić information content (AvgIpc) is 3.22. The smallest absolute Gasteiger partial charge is 0.0209 e. The van der Waals surface area contributed by atoms with Crippen LogP contribution in [0.4, 0.5) is 0 Å². The van der Waals surface area contributed by atoms with Gasteiger partial charge in [-0.25, -0.2) is 0 Å². The largest absolute Gasteiger partial charge is 0.194 e. The van der Waals surface area contributed by atoms with Crippen molar-refractivity contribution in [3.63, 3.8) is 0 Å². The molecule has 0 aromatic heterocycles. The zero-order valence-corrected chi connectivity index (χ0v) is 32.9. The van der Waals surface area contributed by atoms with Crippen LogP contribution >= 0.6 is 20.1 Å². The van der Waals surface area contributed by atoms with E-state index in [1.807, 2.05) is 0 Å². The van der Waals surface area contributed by atoms with Crippen LogP contribution in [0, 0.1) is 11.8 Å². The number of allylic oxidation sites excluding steroid dienone is 13. The average molecular weight is 733 g/mol. The second-order valence-corrected chi connectivity index (χ2v) is 22.8. The van der Waals surface area contributed by atoms with E-state index in [2.05, 4.69) is 207 Å². The predicted molar refractivity (Wildman–Crippen MR) is 238 cm³/mol. The molecule has 0 heterocycles. The normalized spacial score (nSPS) is 19.4. The molecule has 0 spiro atoms. The maximum absolute atomic E-state index is 2.48. The third-order valence-corrected chi connectivity index (χ3v) is 18.1. The van der Waals surface area contributed by atoms with Gasteiger partial charge in [0.2, 0.25) is 0 Å². The van der Waals surface area contributed by atoms with Gasteiger partial charge in [0.25, 0.3) is 0 Å². The van der Waals surface area contributed by atoms with Crippen molar-refractivity contribution in [2.24, 2.45) is 11.8 Å². The van der Waals surface area contributed by atoms with E-state index in [1.165, 1.54) is 85.7 Å². The summed E-state index contributed by atoms with van der Waals surface area (Å²) >= 11 is 0. The third kappa shape index (κ3) is 5.15. The van der Waals surface area contributed by atoms with E-state index in [-0.39, 0.29) is 0 Å². The first-order chi connectivity index (χ1) is 26.3. The molecule has 0 amide bonds. The standard InChI is InChI=1S/C52H44S2/c1-53(2,40-15-6-5-7-16-40)41-29-23-37(24-30-41)50-43-17-8-10-19-45(43)51(46-20-11-9-18-44(46)50)38-25-31-42(32-26-38)54(3,4)48-34-28-39-22-21-35-13-12-14-36-27-33-47(48)52(39)49(35)36/h5-34,49,52H,1-4H3. The van der Waals surface area contributed by atoms with E-state index in [9.17, 15) is 0 Å². The molecule has 0 aliphatic heterocycles. The summed E-state index contributed by atoms with van der Waals surface area (Å²) in [5.41, 5.74) is 11.0. The lowest BCUT2D eigenvalue weighted by Gasteiger charge is -2.44. The summed E-state index contributed by atoms with van der Waals surface area (Å²) in [5, 5.41) is 5.18. The van der Waals surface area contributed by atoms with Crippen LogP contribution in [0.1, 0.15) is 0 Å². The monoisotopic (exact) mass is 732 g/mol. The fraction of sp³-hybridized carbons (Fsp3) is 0.115. The Bertz CT molecular complexity index is 2670. The molecule has 10 rings (SSSR count). The molecule has 0 saturated heterocycles. The molecule has 0 radical (unpaired) electrons. The molecule has 264 valence electrons. The minimum Gasteiger partial charge on any atom is -0.194 e. The van der Waals surface area contributed by atoms with Crippen LogP contribution in [0.15, 0.2) is 224 Å². The minimum atomic E-state index is -1.29. The first kappa shape index (κ1) is 33.3. The number of hydrogen-bond donors (Lipinski definition) is 0. The third-order valence-electron chi connectivity index (χ3n) is 12.2. The molecule has 0 nitrogen and oxygen atoms in total. The van der Waals surface area contributed by atoms with Crippen molar-refractivity contribution in [3.05, 3.63) is 209 Å². The number of benzene rings is 6. The van der Waals surface area contributed by atoms with Gasteiger partial charge in [0.05, 0.1) is 0 Å². The molecule has 6 aromatic carbocycles. The van der Waals surface area contributed by atoms with Gasteiger partial charge < -0.3 is 0 Å². The Kier molecular flexibility index (Phi) is 7.80. The first-order valence-electron chi connectivity index (χ1n) is 18.9. The Morgan fingerprint density at radius 1 is 0.370 bits per heavy atom. The predicted octanol–water partition coefficient (Wildman–Crippen LogP) is 14.2. The van der Waals surface area contributed by atoms with E-state index in [4.69, 9.17) is 0 Å². The Labute approximate surface area is 323 Å². The second kappa shape index (κ2) is 12.7. The summed E-state index contributed by atoms with van der Waals surface area (Å²) in [6.45, 7) is 0. The lowest BCUT2D eigenvalue weighted by molar-refractivity contribution is 0.563. The van der Waals surface area contributed by atoms with Gasteiger partial charge in [-0.05, 0) is 153 Å². The summed E-state index contributed by atoms with van der Waals surface area (Å²) in [6, 6.07) is 48.0. The molecule has 54 heavy (non-hydrogen) atoms. The van der Waals surface area contributed by atoms with Crippen molar-refractivity contribution >= 4 is 41.6 Å². The van der Waals surface area contributed by atoms with Gasteiger partial charge in [-0.1, -0.05) is 140 Å². The van der Waals surface area contributed by atoms with Crippen molar-refractivity contribution in [3.8, 4) is 22.3 Å². The molecule has 0 N–H and O–H groups in total. The van der Waals surface area contributed by atoms with Gasteiger partial charge in [0.15, 0.2) is 0 Å². The summed E-state index contributed by atoms with van der Waals surface area (Å²) in [6.07, 6.45) is 30.9. The van der Waals surface area contributed by atoms with E-state index < -0.39 is 20.1 Å². The Balaban J connectivity index is 1.06. The highest BCUT2D eigenvalue weighted by atomic mass is 32.3. The molecular formula is C52H44S2. The minimum absolute atomic E-state index is 0.404. The van der Waals surface area contributed by atoms with Crippen LogP contribution in [-0.4, -0.2) is 25.0 Å². The molecule has 0 fully saturated rings. The number of fused-ring (bicyclic) bond motifs is 2. The lowest BCUT2D eigenvalue weighted by Crippen LogP contribution is -2.29. The van der Waals surface area contributed by atoms with Crippen LogP contribution in [0.5, 0.6) is 0 Å². The molecule has 0 bridgehead atoms. The van der Waals surface area contributed by atoms with Crippen molar-refractivity contribution in [2.45, 2.75) is 14.7 Å². The van der Waals surface area contributed by atoms with Gasteiger partial charge >= 0.3 is 0 Å². The molecule has 4 aliphatic carbocycles. The molecule has 4 aliphatic rings. The van der Waals surface area contributed by atoms with E-state index in [1.54, 1.807) is 0 Å². The molecule has 2 heteroatoms. The van der Waals surface area contributed by atoms with Crippen molar-refractivity contribution in [2.75, 3.05) is 25.0 Å². The zero-order chi connectivity index (χ0) is 36.6. The van der Waals surface area contributed by atoms with E-state index in [0.29, 0.717) is 11.8 Å². The van der Waals surface area contributed by atoms with E-state index in [0.717, 1.165) is 0 Å². The van der Waals surface area contributed by atoms with Crippen molar-refractivity contribution in [1.82, 2.24) is 0 Å². The van der Waals surface area contributed by atoms with Crippen LogP contribution in [-0.2, 0) is 0 Å². The lowest BCUT2D eigenvalue weighted by atomic mass is 9.64. The van der Waals surface area contributed by atoms with E-state index >= 15 is 0 Å². The number of rotatable bonds is 6. The maximum Gasteiger partial charge on any atom is 0.0209 e. The van der Waals surface area contributed by atoms with Crippen LogP contribution in [0.2, 0.25) is 0 Å².